The van der Waals surface area contributed by atoms with Gasteiger partial charge in [0.05, 0.1) is 12.7 Å². The molecule has 1 atom stereocenters. The highest BCUT2D eigenvalue weighted by Crippen LogP contribution is 2.12. The van der Waals surface area contributed by atoms with Crippen LogP contribution in [0.3, 0.4) is 0 Å². The minimum absolute atomic E-state index is 0.0653. The monoisotopic (exact) mass is 222 g/mol. The fraction of sp³-hybridized carbons (Fsp3) is 0.750. The second kappa shape index (κ2) is 7.15. The summed E-state index contributed by atoms with van der Waals surface area (Å²) in [4.78, 5) is 11.1. The average molecular weight is 222 g/mol. The van der Waals surface area contributed by atoms with Gasteiger partial charge in [-0.25, -0.2) is 4.79 Å². The average Bonchev–Trinajstić information content (AvgIpc) is 2.04. The summed E-state index contributed by atoms with van der Waals surface area (Å²) in [5, 5.41) is -0.396. The van der Waals surface area contributed by atoms with Crippen molar-refractivity contribution < 1.29 is 14.3 Å². The molecule has 0 amide bonds. The lowest BCUT2D eigenvalue weighted by Crippen LogP contribution is -2.11. The van der Waals surface area contributed by atoms with Crippen LogP contribution in [0.4, 0.5) is 4.79 Å². The van der Waals surface area contributed by atoms with E-state index in [2.05, 4.69) is 0 Å². The number of thiocarbonyl (C=S) groups is 1. The van der Waals surface area contributed by atoms with Gasteiger partial charge in [0.25, 0.3) is 0 Å². The number of hydrogen-bond acceptors (Lipinski definition) is 5. The van der Waals surface area contributed by atoms with Crippen molar-refractivity contribution in [1.82, 2.24) is 0 Å². The van der Waals surface area contributed by atoms with Crippen LogP contribution >= 0.6 is 24.0 Å². The summed E-state index contributed by atoms with van der Waals surface area (Å²) in [6.45, 7) is 6.07. The standard InChI is InChI=1S/C8H14O3S2/c1-4-6(3)11-7(9)13-8(12)10-5-2/h6H,4-5H2,1-3H3. The minimum Gasteiger partial charge on any atom is -0.478 e. The van der Waals surface area contributed by atoms with E-state index >= 15 is 0 Å². The molecule has 0 saturated heterocycles. The van der Waals surface area contributed by atoms with Crippen LogP contribution < -0.4 is 0 Å². The predicted molar refractivity (Wildman–Crippen MR) is 58.0 cm³/mol. The first-order valence-corrected chi connectivity index (χ1v) is 5.37. The normalized spacial score (nSPS) is 11.9. The Morgan fingerprint density at radius 3 is 2.62 bits per heavy atom. The van der Waals surface area contributed by atoms with E-state index in [4.69, 9.17) is 21.7 Å². The number of hydrogen-bond donors (Lipinski definition) is 0. The highest BCUT2D eigenvalue weighted by molar-refractivity contribution is 8.32. The maximum Gasteiger partial charge on any atom is 0.376 e. The lowest BCUT2D eigenvalue weighted by atomic mass is 10.3. The van der Waals surface area contributed by atoms with Gasteiger partial charge >= 0.3 is 5.30 Å². The Hall–Kier alpha value is -0.290. The quantitative estimate of drug-likeness (QED) is 0.542. The summed E-state index contributed by atoms with van der Waals surface area (Å²) < 4.78 is 10.1. The topological polar surface area (TPSA) is 35.5 Å². The van der Waals surface area contributed by atoms with E-state index in [0.29, 0.717) is 6.61 Å². The zero-order chi connectivity index (χ0) is 10.3. The molecule has 0 aliphatic rings. The van der Waals surface area contributed by atoms with Crippen LogP contribution in [0.2, 0.25) is 0 Å². The van der Waals surface area contributed by atoms with Crippen molar-refractivity contribution in [1.29, 1.82) is 0 Å². The third kappa shape index (κ3) is 6.83. The molecule has 0 aromatic heterocycles. The van der Waals surface area contributed by atoms with Crippen LogP contribution in [0.5, 0.6) is 0 Å². The van der Waals surface area contributed by atoms with Crippen LogP contribution in [0.25, 0.3) is 0 Å². The van der Waals surface area contributed by atoms with Gasteiger partial charge in [-0.05, 0) is 32.5 Å². The summed E-state index contributed by atoms with van der Waals surface area (Å²) in [5.41, 5.74) is 0. The van der Waals surface area contributed by atoms with Gasteiger partial charge in [0, 0.05) is 11.8 Å². The molecule has 0 heterocycles. The molecule has 0 rings (SSSR count). The van der Waals surface area contributed by atoms with Gasteiger partial charge in [0.1, 0.15) is 0 Å². The summed E-state index contributed by atoms with van der Waals surface area (Å²) >= 11 is 5.57. The van der Waals surface area contributed by atoms with Crippen molar-refractivity contribution in [3.8, 4) is 0 Å². The number of rotatable bonds is 3. The Balaban J connectivity index is 3.67. The van der Waals surface area contributed by atoms with Gasteiger partial charge in [-0.1, -0.05) is 6.92 Å². The Bertz CT molecular complexity index is 182. The van der Waals surface area contributed by atoms with Gasteiger partial charge in [0.2, 0.25) is 4.38 Å². The molecule has 1 unspecified atom stereocenters. The molecule has 0 radical (unpaired) electrons. The van der Waals surface area contributed by atoms with Crippen molar-refractivity contribution in [3.05, 3.63) is 0 Å². The van der Waals surface area contributed by atoms with Crippen LogP contribution in [0.15, 0.2) is 0 Å². The van der Waals surface area contributed by atoms with E-state index in [1.54, 1.807) is 0 Å². The molecule has 0 aliphatic carbocycles. The summed E-state index contributed by atoms with van der Waals surface area (Å²) in [6, 6.07) is 0. The minimum atomic E-state index is -0.396. The van der Waals surface area contributed by atoms with E-state index in [9.17, 15) is 4.79 Å². The summed E-state index contributed by atoms with van der Waals surface area (Å²) in [5.74, 6) is 0. The summed E-state index contributed by atoms with van der Waals surface area (Å²) in [6.07, 6.45) is 0.734. The highest BCUT2D eigenvalue weighted by Gasteiger charge is 2.11. The third-order valence-electron chi connectivity index (χ3n) is 1.30. The SMILES string of the molecule is CCOC(=S)SC(=O)OC(C)CC. The van der Waals surface area contributed by atoms with Gasteiger partial charge in [-0.2, -0.15) is 0 Å². The van der Waals surface area contributed by atoms with Crippen LogP contribution in [-0.2, 0) is 9.47 Å². The lowest BCUT2D eigenvalue weighted by molar-refractivity contribution is 0.131. The highest BCUT2D eigenvalue weighted by atomic mass is 32.2. The Labute approximate surface area is 88.2 Å². The van der Waals surface area contributed by atoms with Crippen molar-refractivity contribution >= 4 is 33.7 Å². The largest absolute Gasteiger partial charge is 0.478 e. The van der Waals surface area contributed by atoms with Crippen molar-refractivity contribution in [2.24, 2.45) is 0 Å². The maximum atomic E-state index is 11.1. The molecule has 0 bridgehead atoms. The first-order valence-electron chi connectivity index (χ1n) is 4.15. The van der Waals surface area contributed by atoms with Gasteiger partial charge < -0.3 is 9.47 Å². The van der Waals surface area contributed by atoms with Crippen LogP contribution in [0.1, 0.15) is 27.2 Å². The predicted octanol–water partition coefficient (Wildman–Crippen LogP) is 2.98. The first-order chi connectivity index (χ1) is 6.10. The molecule has 0 aromatic rings. The Kier molecular flexibility index (Phi) is 6.99. The van der Waals surface area contributed by atoms with E-state index in [1.165, 1.54) is 0 Å². The number of carbonyl (C=O) groups is 1. The first kappa shape index (κ1) is 12.7. The van der Waals surface area contributed by atoms with Gasteiger partial charge in [0.15, 0.2) is 0 Å². The molecule has 5 heteroatoms. The fourth-order valence-electron chi connectivity index (χ4n) is 0.487. The number of carbonyl (C=O) groups excluding carboxylic acids is 1. The fourth-order valence-corrected chi connectivity index (χ4v) is 1.33. The molecule has 0 spiro atoms. The van der Waals surface area contributed by atoms with E-state index in [1.807, 2.05) is 20.8 Å². The third-order valence-corrected chi connectivity index (χ3v) is 2.22. The molecule has 0 N–H and O–H groups in total. The number of thioether (sulfide) groups is 1. The van der Waals surface area contributed by atoms with Crippen molar-refractivity contribution in [2.45, 2.75) is 33.3 Å². The zero-order valence-corrected chi connectivity index (χ0v) is 9.67. The molecule has 13 heavy (non-hydrogen) atoms. The number of ether oxygens (including phenoxy) is 2. The molecule has 0 fully saturated rings. The van der Waals surface area contributed by atoms with Crippen LogP contribution in [0, 0.1) is 0 Å². The Morgan fingerprint density at radius 1 is 1.54 bits per heavy atom. The Morgan fingerprint density at radius 2 is 2.15 bits per heavy atom. The summed E-state index contributed by atoms with van der Waals surface area (Å²) in [7, 11) is 0. The van der Waals surface area contributed by atoms with Gasteiger partial charge in [-0.15, -0.1) is 0 Å². The molecule has 0 aromatic carbocycles. The van der Waals surface area contributed by atoms with Gasteiger partial charge in [-0.3, -0.25) is 0 Å². The maximum absolute atomic E-state index is 11.1. The van der Waals surface area contributed by atoms with E-state index < -0.39 is 5.30 Å². The van der Waals surface area contributed by atoms with Crippen molar-refractivity contribution in [2.75, 3.05) is 6.61 Å². The lowest BCUT2D eigenvalue weighted by Gasteiger charge is -2.09. The molecular formula is C8H14O3S2. The van der Waals surface area contributed by atoms with Crippen molar-refractivity contribution in [3.63, 3.8) is 0 Å². The second-order valence-corrected chi connectivity index (χ2v) is 3.91. The molecule has 76 valence electrons. The van der Waals surface area contributed by atoms with E-state index in [-0.39, 0.29) is 10.5 Å². The molecule has 0 aliphatic heterocycles. The zero-order valence-electron chi connectivity index (χ0n) is 8.03. The van der Waals surface area contributed by atoms with E-state index in [0.717, 1.165) is 18.2 Å². The second-order valence-electron chi connectivity index (χ2n) is 2.37. The van der Waals surface area contributed by atoms with Crippen LogP contribution in [-0.4, -0.2) is 22.4 Å². The molecule has 3 nitrogen and oxygen atoms in total. The smallest absolute Gasteiger partial charge is 0.376 e. The molecule has 0 saturated carbocycles. The molecular weight excluding hydrogens is 208 g/mol.